The van der Waals surface area contributed by atoms with Gasteiger partial charge < -0.3 is 15.2 Å². The van der Waals surface area contributed by atoms with Crippen molar-refractivity contribution in [3.05, 3.63) is 30.1 Å². The fraction of sp³-hybridized carbons (Fsp3) is 0.545. The Morgan fingerprint density at radius 3 is 3.07 bits per heavy atom. The van der Waals surface area contributed by atoms with Crippen molar-refractivity contribution >= 4 is 0 Å². The molecule has 1 aromatic rings. The molecule has 1 aliphatic rings. The molecule has 1 aromatic heterocycles. The number of aliphatic hydroxyl groups is 1. The van der Waals surface area contributed by atoms with Gasteiger partial charge in [-0.2, -0.15) is 0 Å². The van der Waals surface area contributed by atoms with Crippen molar-refractivity contribution < 1.29 is 9.84 Å². The maximum atomic E-state index is 9.48. The summed E-state index contributed by atoms with van der Waals surface area (Å²) in [5.41, 5.74) is 1.03. The van der Waals surface area contributed by atoms with E-state index in [1.165, 1.54) is 0 Å². The van der Waals surface area contributed by atoms with Crippen LogP contribution in [0.25, 0.3) is 0 Å². The molecule has 4 nitrogen and oxygen atoms in total. The third kappa shape index (κ3) is 2.99. The molecule has 0 bridgehead atoms. The molecule has 15 heavy (non-hydrogen) atoms. The summed E-state index contributed by atoms with van der Waals surface area (Å²) in [6.45, 7) is 1.98. The van der Waals surface area contributed by atoms with E-state index in [4.69, 9.17) is 4.74 Å². The van der Waals surface area contributed by atoms with Crippen LogP contribution in [0, 0.1) is 0 Å². The first-order valence-electron chi connectivity index (χ1n) is 5.26. The first-order chi connectivity index (χ1) is 7.36. The van der Waals surface area contributed by atoms with E-state index >= 15 is 0 Å². The van der Waals surface area contributed by atoms with Gasteiger partial charge in [0.25, 0.3) is 0 Å². The van der Waals surface area contributed by atoms with Gasteiger partial charge >= 0.3 is 0 Å². The van der Waals surface area contributed by atoms with E-state index < -0.39 is 0 Å². The maximum absolute atomic E-state index is 9.48. The van der Waals surface area contributed by atoms with Gasteiger partial charge in [-0.15, -0.1) is 0 Å². The van der Waals surface area contributed by atoms with Crippen LogP contribution in [0.4, 0.5) is 0 Å². The Balaban J connectivity index is 1.71. The van der Waals surface area contributed by atoms with Crippen LogP contribution in [-0.4, -0.2) is 42.0 Å². The molecule has 82 valence electrons. The van der Waals surface area contributed by atoms with Crippen LogP contribution in [0.2, 0.25) is 0 Å². The van der Waals surface area contributed by atoms with Crippen molar-refractivity contribution in [1.82, 2.24) is 10.3 Å². The monoisotopic (exact) mass is 208 g/mol. The molecule has 2 rings (SSSR count). The zero-order chi connectivity index (χ0) is 10.5. The summed E-state index contributed by atoms with van der Waals surface area (Å²) in [7, 11) is 0. The molecule has 4 heteroatoms. The topological polar surface area (TPSA) is 54.4 Å². The molecule has 0 radical (unpaired) electrons. The van der Waals surface area contributed by atoms with Crippen molar-refractivity contribution in [3.8, 4) is 0 Å². The van der Waals surface area contributed by atoms with Crippen molar-refractivity contribution in [1.29, 1.82) is 0 Å². The lowest BCUT2D eigenvalue weighted by molar-refractivity contribution is -0.00672. The first kappa shape index (κ1) is 10.5. The van der Waals surface area contributed by atoms with Crippen LogP contribution in [0.3, 0.4) is 0 Å². The van der Waals surface area contributed by atoms with Crippen LogP contribution in [0.1, 0.15) is 5.69 Å². The molecule has 2 N–H and O–H groups in total. The number of hydrogen-bond acceptors (Lipinski definition) is 4. The lowest BCUT2D eigenvalue weighted by atomic mass is 10.2. The normalized spacial score (nSPS) is 25.7. The Hall–Kier alpha value is -0.970. The molecule has 2 atom stereocenters. The zero-order valence-electron chi connectivity index (χ0n) is 8.60. The molecule has 0 aliphatic carbocycles. The minimum Gasteiger partial charge on any atom is -0.389 e. The van der Waals surface area contributed by atoms with Crippen LogP contribution < -0.4 is 5.32 Å². The molecule has 2 unspecified atom stereocenters. The minimum atomic E-state index is -0.367. The van der Waals surface area contributed by atoms with E-state index in [9.17, 15) is 5.11 Å². The molecular weight excluding hydrogens is 192 g/mol. The van der Waals surface area contributed by atoms with E-state index in [1.807, 2.05) is 18.2 Å². The van der Waals surface area contributed by atoms with Gasteiger partial charge in [0.05, 0.1) is 18.8 Å². The highest BCUT2D eigenvalue weighted by atomic mass is 16.5. The molecule has 0 amide bonds. The van der Waals surface area contributed by atoms with Gasteiger partial charge in [0.15, 0.2) is 0 Å². The number of pyridine rings is 1. The Morgan fingerprint density at radius 1 is 1.47 bits per heavy atom. The maximum Gasteiger partial charge on any atom is 0.0970 e. The van der Waals surface area contributed by atoms with Gasteiger partial charge in [-0.1, -0.05) is 6.07 Å². The quantitative estimate of drug-likeness (QED) is 0.730. The van der Waals surface area contributed by atoms with Gasteiger partial charge in [0, 0.05) is 31.4 Å². The number of aromatic nitrogens is 1. The highest BCUT2D eigenvalue weighted by Crippen LogP contribution is 2.05. The zero-order valence-corrected chi connectivity index (χ0v) is 8.60. The summed E-state index contributed by atoms with van der Waals surface area (Å²) < 4.78 is 5.57. The Bertz CT molecular complexity index is 292. The van der Waals surface area contributed by atoms with Crippen molar-refractivity contribution in [2.24, 2.45) is 0 Å². The molecular formula is C11H16N2O2. The van der Waals surface area contributed by atoms with E-state index in [0.717, 1.165) is 18.7 Å². The summed E-state index contributed by atoms with van der Waals surface area (Å²) in [6, 6.07) is 5.84. The number of nitrogens with zero attached hydrogens (tertiary/aromatic N) is 1. The van der Waals surface area contributed by atoms with E-state index in [2.05, 4.69) is 10.3 Å². The number of aliphatic hydroxyl groups excluding tert-OH is 1. The lowest BCUT2D eigenvalue weighted by Gasteiger charge is -2.14. The number of nitrogens with one attached hydrogen (secondary N) is 1. The predicted molar refractivity (Wildman–Crippen MR) is 56.6 cm³/mol. The van der Waals surface area contributed by atoms with Gasteiger partial charge in [0.1, 0.15) is 0 Å². The summed E-state index contributed by atoms with van der Waals surface area (Å²) >= 11 is 0. The third-order valence-electron chi connectivity index (χ3n) is 2.54. The predicted octanol–water partition coefficient (Wildman–Crippen LogP) is -0.0266. The molecule has 0 spiro atoms. The SMILES string of the molecule is OC1CNCC1OCCc1ccccn1. The number of rotatable bonds is 4. The molecule has 0 saturated carbocycles. The summed E-state index contributed by atoms with van der Waals surface area (Å²) in [5, 5.41) is 12.6. The number of ether oxygens (including phenoxy) is 1. The fourth-order valence-corrected chi connectivity index (χ4v) is 1.67. The summed E-state index contributed by atoms with van der Waals surface area (Å²) in [4.78, 5) is 4.20. The average molecular weight is 208 g/mol. The average Bonchev–Trinajstić information content (AvgIpc) is 2.66. The smallest absolute Gasteiger partial charge is 0.0970 e. The van der Waals surface area contributed by atoms with E-state index in [-0.39, 0.29) is 12.2 Å². The van der Waals surface area contributed by atoms with Gasteiger partial charge in [-0.3, -0.25) is 4.98 Å². The Morgan fingerprint density at radius 2 is 2.40 bits per heavy atom. The number of hydrogen-bond donors (Lipinski definition) is 2. The highest BCUT2D eigenvalue weighted by Gasteiger charge is 2.25. The minimum absolute atomic E-state index is 0.0614. The third-order valence-corrected chi connectivity index (χ3v) is 2.54. The lowest BCUT2D eigenvalue weighted by Crippen LogP contribution is -2.27. The molecule has 2 heterocycles. The second-order valence-electron chi connectivity index (χ2n) is 3.71. The van der Waals surface area contributed by atoms with Crippen molar-refractivity contribution in [2.45, 2.75) is 18.6 Å². The standard InChI is InChI=1S/C11H16N2O2/c14-10-7-12-8-11(10)15-6-4-9-3-1-2-5-13-9/h1-3,5,10-12,14H,4,6-8H2. The summed E-state index contributed by atoms with van der Waals surface area (Å²) in [6.07, 6.45) is 2.15. The van der Waals surface area contributed by atoms with Crippen LogP contribution in [0.5, 0.6) is 0 Å². The van der Waals surface area contributed by atoms with Gasteiger partial charge in [-0.05, 0) is 12.1 Å². The van der Waals surface area contributed by atoms with Crippen LogP contribution in [0.15, 0.2) is 24.4 Å². The Kier molecular flexibility index (Phi) is 3.66. The Labute approximate surface area is 89.3 Å². The van der Waals surface area contributed by atoms with E-state index in [1.54, 1.807) is 6.20 Å². The molecule has 0 aromatic carbocycles. The first-order valence-corrected chi connectivity index (χ1v) is 5.26. The second kappa shape index (κ2) is 5.21. The number of β-amino-alcohol motifs (C(OH)–C–C–N with tert-alkyl or cyclic N) is 1. The van der Waals surface area contributed by atoms with Crippen LogP contribution in [-0.2, 0) is 11.2 Å². The summed E-state index contributed by atoms with van der Waals surface area (Å²) in [5.74, 6) is 0. The van der Waals surface area contributed by atoms with Gasteiger partial charge in [-0.25, -0.2) is 0 Å². The van der Waals surface area contributed by atoms with Crippen LogP contribution >= 0.6 is 0 Å². The van der Waals surface area contributed by atoms with Crippen molar-refractivity contribution in [2.75, 3.05) is 19.7 Å². The molecule has 1 saturated heterocycles. The fourth-order valence-electron chi connectivity index (χ4n) is 1.67. The highest BCUT2D eigenvalue weighted by molar-refractivity contribution is 5.03. The van der Waals surface area contributed by atoms with Crippen molar-refractivity contribution in [3.63, 3.8) is 0 Å². The molecule has 1 aliphatic heterocycles. The largest absolute Gasteiger partial charge is 0.389 e. The van der Waals surface area contributed by atoms with Gasteiger partial charge in [0.2, 0.25) is 0 Å². The second-order valence-corrected chi connectivity index (χ2v) is 3.71. The van der Waals surface area contributed by atoms with E-state index in [0.29, 0.717) is 13.2 Å². The molecule has 1 fully saturated rings.